The highest BCUT2D eigenvalue weighted by Gasteiger charge is 2.40. The molecule has 1 saturated heterocycles. The molecule has 0 saturated carbocycles. The van der Waals surface area contributed by atoms with Gasteiger partial charge in [-0.3, -0.25) is 14.5 Å². The first-order chi connectivity index (χ1) is 16.0. The minimum atomic E-state index is -0.618. The van der Waals surface area contributed by atoms with Gasteiger partial charge in [0.2, 0.25) is 5.91 Å². The third kappa shape index (κ3) is 4.99. The molecular formula is C25H20FN3O3S. The molecule has 0 bridgehead atoms. The molecule has 1 fully saturated rings. The van der Waals surface area contributed by atoms with Gasteiger partial charge in [-0.1, -0.05) is 41.6 Å². The Morgan fingerprint density at radius 3 is 2.67 bits per heavy atom. The molecule has 1 N–H and O–H groups in total. The lowest BCUT2D eigenvalue weighted by Crippen LogP contribution is -2.32. The van der Waals surface area contributed by atoms with Crippen LogP contribution in [0.2, 0.25) is 0 Å². The van der Waals surface area contributed by atoms with Gasteiger partial charge in [0.1, 0.15) is 28.2 Å². The molecule has 1 aromatic heterocycles. The van der Waals surface area contributed by atoms with E-state index in [-0.39, 0.29) is 23.1 Å². The lowest BCUT2D eigenvalue weighted by molar-refractivity contribution is -0.117. The molecule has 2 heterocycles. The van der Waals surface area contributed by atoms with Crippen molar-refractivity contribution in [1.29, 1.82) is 5.26 Å². The van der Waals surface area contributed by atoms with Crippen molar-refractivity contribution in [1.82, 2.24) is 5.32 Å². The summed E-state index contributed by atoms with van der Waals surface area (Å²) in [5.74, 6) is -0.799. The predicted octanol–water partition coefficient (Wildman–Crippen LogP) is 4.47. The Labute approximate surface area is 194 Å². The number of nitriles is 1. The number of aryl methyl sites for hydroxylation is 1. The second-order valence-corrected chi connectivity index (χ2v) is 8.70. The lowest BCUT2D eigenvalue weighted by Gasteiger charge is -2.18. The van der Waals surface area contributed by atoms with Crippen LogP contribution in [0.25, 0.3) is 0 Å². The van der Waals surface area contributed by atoms with Crippen LogP contribution in [0.4, 0.5) is 10.1 Å². The van der Waals surface area contributed by atoms with Crippen LogP contribution < -0.4 is 10.2 Å². The fraction of sp³-hybridized carbons (Fsp3) is 0.160. The molecule has 0 aliphatic carbocycles. The Kier molecular flexibility index (Phi) is 6.61. The fourth-order valence-corrected chi connectivity index (χ4v) is 4.84. The normalized spacial score (nSPS) is 17.1. The molecule has 4 rings (SSSR count). The highest BCUT2D eigenvalue weighted by molar-refractivity contribution is 8.05. The van der Waals surface area contributed by atoms with E-state index in [4.69, 9.17) is 4.42 Å². The van der Waals surface area contributed by atoms with Crippen molar-refractivity contribution >= 4 is 29.3 Å². The number of furan rings is 1. The molecule has 0 spiro atoms. The molecule has 0 unspecified atom stereocenters. The molecule has 1 aliphatic rings. The molecular weight excluding hydrogens is 441 g/mol. The van der Waals surface area contributed by atoms with E-state index < -0.39 is 17.0 Å². The minimum Gasteiger partial charge on any atom is -0.467 e. The molecule has 2 amide bonds. The van der Waals surface area contributed by atoms with Gasteiger partial charge in [-0.15, -0.1) is 0 Å². The number of rotatable bonds is 6. The zero-order valence-electron chi connectivity index (χ0n) is 17.7. The Bertz CT molecular complexity index is 1250. The number of carbonyl (C=O) groups excluding carboxylic acids is 2. The maximum Gasteiger partial charge on any atom is 0.265 e. The average Bonchev–Trinajstić information content (AvgIpc) is 3.42. The summed E-state index contributed by atoms with van der Waals surface area (Å²) in [7, 11) is 0. The van der Waals surface area contributed by atoms with Gasteiger partial charge < -0.3 is 9.73 Å². The number of halogens is 1. The molecule has 1 aliphatic heterocycles. The van der Waals surface area contributed by atoms with Crippen LogP contribution in [0.3, 0.4) is 0 Å². The molecule has 2 aromatic carbocycles. The lowest BCUT2D eigenvalue weighted by atomic mass is 10.1. The van der Waals surface area contributed by atoms with Crippen LogP contribution in [0.15, 0.2) is 81.9 Å². The second kappa shape index (κ2) is 9.76. The maximum absolute atomic E-state index is 13.5. The Morgan fingerprint density at radius 1 is 1.21 bits per heavy atom. The van der Waals surface area contributed by atoms with E-state index in [0.29, 0.717) is 17.9 Å². The number of nitrogens with one attached hydrogen (secondary N) is 1. The summed E-state index contributed by atoms with van der Waals surface area (Å²) in [6.45, 7) is 2.08. The summed E-state index contributed by atoms with van der Waals surface area (Å²) < 4.78 is 18.7. The maximum atomic E-state index is 13.5. The first-order valence-corrected chi connectivity index (χ1v) is 11.1. The molecule has 33 heavy (non-hydrogen) atoms. The monoisotopic (exact) mass is 461 g/mol. The average molecular weight is 462 g/mol. The summed E-state index contributed by atoms with van der Waals surface area (Å²) in [4.78, 5) is 27.6. The van der Waals surface area contributed by atoms with Crippen molar-refractivity contribution in [2.24, 2.45) is 0 Å². The molecule has 3 aromatic rings. The molecule has 0 radical (unpaired) electrons. The van der Waals surface area contributed by atoms with Gasteiger partial charge in [-0.25, -0.2) is 4.39 Å². The van der Waals surface area contributed by atoms with Crippen molar-refractivity contribution in [3.63, 3.8) is 0 Å². The topological polar surface area (TPSA) is 86.3 Å². The number of anilines is 1. The Balaban J connectivity index is 1.68. The largest absolute Gasteiger partial charge is 0.467 e. The van der Waals surface area contributed by atoms with Crippen LogP contribution >= 0.6 is 11.8 Å². The van der Waals surface area contributed by atoms with Crippen LogP contribution in [0.1, 0.15) is 16.9 Å². The Morgan fingerprint density at radius 2 is 2.00 bits per heavy atom. The van der Waals surface area contributed by atoms with Gasteiger partial charge in [-0.05, 0) is 55.3 Å². The first kappa shape index (κ1) is 22.4. The van der Waals surface area contributed by atoms with Gasteiger partial charge in [0.15, 0.2) is 0 Å². The van der Waals surface area contributed by atoms with Crippen LogP contribution in [-0.4, -0.2) is 17.1 Å². The quantitative estimate of drug-likeness (QED) is 0.432. The number of thioether (sulfide) groups is 1. The third-order valence-corrected chi connectivity index (χ3v) is 6.36. The minimum absolute atomic E-state index is 0.103. The number of hydrogen-bond acceptors (Lipinski definition) is 5. The van der Waals surface area contributed by atoms with Crippen molar-refractivity contribution in [3.05, 3.63) is 100 Å². The van der Waals surface area contributed by atoms with Crippen LogP contribution in [0, 0.1) is 24.1 Å². The SMILES string of the molecule is Cc1cccc(C[C@H]2S/C(=C(/C#N)C(=O)NCc3ccco3)N(c3ccc(F)cc3)C2=O)c1. The van der Waals surface area contributed by atoms with E-state index in [1.54, 1.807) is 12.1 Å². The van der Waals surface area contributed by atoms with Crippen molar-refractivity contribution in [3.8, 4) is 6.07 Å². The standard InChI is InChI=1S/C25H20FN3O3S/c1-16-4-2-5-17(12-16)13-22-24(31)29(19-9-7-18(26)8-10-19)25(33-22)21(14-27)23(30)28-15-20-6-3-11-32-20/h2-12,22H,13,15H2,1H3,(H,28,30)/b25-21-/t22-/m1/s1. The number of hydrogen-bond donors (Lipinski definition) is 1. The van der Waals surface area contributed by atoms with E-state index in [9.17, 15) is 19.2 Å². The van der Waals surface area contributed by atoms with E-state index in [0.717, 1.165) is 11.1 Å². The van der Waals surface area contributed by atoms with E-state index in [1.807, 2.05) is 37.3 Å². The summed E-state index contributed by atoms with van der Waals surface area (Å²) in [6.07, 6.45) is 1.92. The summed E-state index contributed by atoms with van der Waals surface area (Å²) in [6, 6.07) is 18.6. The van der Waals surface area contributed by atoms with Crippen LogP contribution in [0.5, 0.6) is 0 Å². The first-order valence-electron chi connectivity index (χ1n) is 10.2. The van der Waals surface area contributed by atoms with Gasteiger partial charge in [0, 0.05) is 5.69 Å². The van der Waals surface area contributed by atoms with Gasteiger partial charge >= 0.3 is 0 Å². The van der Waals surface area contributed by atoms with Gasteiger partial charge in [-0.2, -0.15) is 5.26 Å². The van der Waals surface area contributed by atoms with Crippen molar-refractivity contribution < 1.29 is 18.4 Å². The number of benzene rings is 2. The number of nitrogens with zero attached hydrogens (tertiary/aromatic N) is 2. The predicted molar refractivity (Wildman–Crippen MR) is 123 cm³/mol. The summed E-state index contributed by atoms with van der Waals surface area (Å²) in [5, 5.41) is 12.2. The third-order valence-electron chi connectivity index (χ3n) is 5.10. The van der Waals surface area contributed by atoms with Crippen molar-refractivity contribution in [2.45, 2.75) is 25.1 Å². The van der Waals surface area contributed by atoms with E-state index in [2.05, 4.69) is 5.32 Å². The summed E-state index contributed by atoms with van der Waals surface area (Å²) in [5.41, 5.74) is 2.25. The molecule has 8 heteroatoms. The smallest absolute Gasteiger partial charge is 0.265 e. The van der Waals surface area contributed by atoms with E-state index in [1.165, 1.54) is 47.2 Å². The number of amides is 2. The highest BCUT2D eigenvalue weighted by atomic mass is 32.2. The Hall–Kier alpha value is -3.83. The highest BCUT2D eigenvalue weighted by Crippen LogP contribution is 2.42. The fourth-order valence-electron chi connectivity index (χ4n) is 3.53. The van der Waals surface area contributed by atoms with Crippen LogP contribution in [-0.2, 0) is 22.6 Å². The van der Waals surface area contributed by atoms with Gasteiger partial charge in [0.25, 0.3) is 5.91 Å². The molecule has 166 valence electrons. The zero-order valence-corrected chi connectivity index (χ0v) is 18.6. The van der Waals surface area contributed by atoms with Gasteiger partial charge in [0.05, 0.1) is 18.1 Å². The molecule has 6 nitrogen and oxygen atoms in total. The zero-order chi connectivity index (χ0) is 23.4. The summed E-state index contributed by atoms with van der Waals surface area (Å²) >= 11 is 1.17. The molecule has 1 atom stereocenters. The number of carbonyl (C=O) groups is 2. The van der Waals surface area contributed by atoms with E-state index >= 15 is 0 Å². The second-order valence-electron chi connectivity index (χ2n) is 7.50. The van der Waals surface area contributed by atoms with Crippen molar-refractivity contribution in [2.75, 3.05) is 4.90 Å².